The number of para-hydroxylation sites is 1. The third kappa shape index (κ3) is 4.64. The van der Waals surface area contributed by atoms with E-state index in [2.05, 4.69) is 36.9 Å². The topological polar surface area (TPSA) is 91.4 Å². The van der Waals surface area contributed by atoms with Crippen LogP contribution >= 0.6 is 18.7 Å². The lowest BCUT2D eigenvalue weighted by molar-refractivity contribution is 0.247. The van der Waals surface area contributed by atoms with E-state index in [0.29, 0.717) is 35.1 Å². The molecule has 0 saturated carbocycles. The number of hydrogen-bond donors (Lipinski definition) is 3. The Bertz CT molecular complexity index is 1230. The second-order valence-corrected chi connectivity index (χ2v) is 12.1. The number of benzene rings is 2. The van der Waals surface area contributed by atoms with Gasteiger partial charge in [-0.05, 0) is 37.6 Å². The summed E-state index contributed by atoms with van der Waals surface area (Å²) in [6, 6.07) is 13.9. The van der Waals surface area contributed by atoms with Crippen LogP contribution in [0.15, 0.2) is 48.7 Å². The number of rotatable bonds is 5. The number of piperazine rings is 1. The molecule has 1 aromatic heterocycles. The van der Waals surface area contributed by atoms with Gasteiger partial charge in [0.25, 0.3) is 0 Å². The highest BCUT2D eigenvalue weighted by molar-refractivity contribution is 7.70. The van der Waals surface area contributed by atoms with E-state index in [1.54, 1.807) is 19.5 Å². The third-order valence-corrected chi connectivity index (χ3v) is 7.62. The SMILES string of the molecule is CP(C)(=O)c1ccccc1Nc1nc(Nc2ccc3c(c2)OCC2CNCCN32)ncc1Cl. The van der Waals surface area contributed by atoms with Crippen molar-refractivity contribution in [3.63, 3.8) is 0 Å². The van der Waals surface area contributed by atoms with E-state index in [9.17, 15) is 4.57 Å². The highest BCUT2D eigenvalue weighted by Crippen LogP contribution is 2.39. The first-order chi connectivity index (χ1) is 15.9. The first-order valence-electron chi connectivity index (χ1n) is 10.8. The quantitative estimate of drug-likeness (QED) is 0.467. The number of hydrogen-bond acceptors (Lipinski definition) is 8. The second kappa shape index (κ2) is 8.86. The molecule has 1 atom stereocenters. The summed E-state index contributed by atoms with van der Waals surface area (Å²) >= 11 is 6.36. The van der Waals surface area contributed by atoms with Gasteiger partial charge in [-0.3, -0.25) is 0 Å². The zero-order valence-corrected chi connectivity index (χ0v) is 20.2. The average Bonchev–Trinajstić information content (AvgIpc) is 2.81. The standard InChI is InChI=1S/C23H26ClN6O2P/c1-33(2,31)21-6-4-3-5-18(21)28-22-17(24)13-26-23(29-22)27-15-7-8-19-20(11-15)32-14-16-12-25-9-10-30(16)19/h3-8,11,13,16,25H,9-10,12,14H2,1-2H3,(H2,26,27,28,29). The molecule has 0 amide bonds. The molecule has 2 aliphatic heterocycles. The van der Waals surface area contributed by atoms with Gasteiger partial charge in [0.2, 0.25) is 5.95 Å². The lowest BCUT2D eigenvalue weighted by atomic mass is 10.1. The molecular weight excluding hydrogens is 459 g/mol. The van der Waals surface area contributed by atoms with Crippen LogP contribution in [0.4, 0.5) is 28.8 Å². The molecule has 0 bridgehead atoms. The fraction of sp³-hybridized carbons (Fsp3) is 0.304. The Morgan fingerprint density at radius 1 is 1.21 bits per heavy atom. The highest BCUT2D eigenvalue weighted by Gasteiger charge is 2.29. The van der Waals surface area contributed by atoms with Gasteiger partial charge in [-0.2, -0.15) is 4.98 Å². The number of ether oxygens (including phenoxy) is 1. The molecule has 1 fully saturated rings. The van der Waals surface area contributed by atoms with E-state index in [1.807, 2.05) is 36.4 Å². The molecule has 5 rings (SSSR count). The largest absolute Gasteiger partial charge is 0.489 e. The molecule has 8 nitrogen and oxygen atoms in total. The van der Waals surface area contributed by atoms with Crippen molar-refractivity contribution in [3.05, 3.63) is 53.7 Å². The zero-order valence-electron chi connectivity index (χ0n) is 18.5. The van der Waals surface area contributed by atoms with Crippen LogP contribution in [0.25, 0.3) is 0 Å². The molecule has 1 saturated heterocycles. The van der Waals surface area contributed by atoms with E-state index >= 15 is 0 Å². The molecule has 3 N–H and O–H groups in total. The van der Waals surface area contributed by atoms with Gasteiger partial charge in [0, 0.05) is 36.7 Å². The Balaban J connectivity index is 1.38. The summed E-state index contributed by atoms with van der Waals surface area (Å²) in [6.45, 7) is 7.01. The predicted octanol–water partition coefficient (Wildman–Crippen LogP) is 4.04. The smallest absolute Gasteiger partial charge is 0.229 e. The number of nitrogens with zero attached hydrogens (tertiary/aromatic N) is 3. The van der Waals surface area contributed by atoms with Gasteiger partial charge in [0.05, 0.1) is 23.6 Å². The fourth-order valence-electron chi connectivity index (χ4n) is 4.18. The van der Waals surface area contributed by atoms with Crippen molar-refractivity contribution >= 4 is 52.9 Å². The van der Waals surface area contributed by atoms with Crippen LogP contribution in [-0.2, 0) is 4.57 Å². The maximum absolute atomic E-state index is 12.7. The van der Waals surface area contributed by atoms with Crippen molar-refractivity contribution in [1.29, 1.82) is 0 Å². The van der Waals surface area contributed by atoms with Crippen LogP contribution < -0.4 is 30.9 Å². The lowest BCUT2D eigenvalue weighted by Crippen LogP contribution is -2.55. The minimum absolute atomic E-state index is 0.364. The Labute approximate surface area is 198 Å². The van der Waals surface area contributed by atoms with Gasteiger partial charge >= 0.3 is 0 Å². The Hall–Kier alpha value is -2.80. The lowest BCUT2D eigenvalue weighted by Gasteiger charge is -2.42. The summed E-state index contributed by atoms with van der Waals surface area (Å²) in [7, 11) is -2.48. The van der Waals surface area contributed by atoms with Crippen molar-refractivity contribution in [2.75, 3.05) is 55.1 Å². The highest BCUT2D eigenvalue weighted by atomic mass is 35.5. The van der Waals surface area contributed by atoms with Crippen molar-refractivity contribution in [2.45, 2.75) is 6.04 Å². The van der Waals surface area contributed by atoms with Crippen LogP contribution in [-0.4, -0.2) is 55.6 Å². The number of anilines is 5. The van der Waals surface area contributed by atoms with Gasteiger partial charge in [0.15, 0.2) is 5.82 Å². The summed E-state index contributed by atoms with van der Waals surface area (Å²) in [5.41, 5.74) is 2.64. The van der Waals surface area contributed by atoms with Gasteiger partial charge in [-0.1, -0.05) is 23.7 Å². The zero-order chi connectivity index (χ0) is 23.0. The molecule has 3 heterocycles. The van der Waals surface area contributed by atoms with Gasteiger partial charge < -0.3 is 30.2 Å². The van der Waals surface area contributed by atoms with Crippen molar-refractivity contribution < 1.29 is 9.30 Å². The number of fused-ring (bicyclic) bond motifs is 3. The molecular formula is C23H26ClN6O2P. The minimum Gasteiger partial charge on any atom is -0.489 e. The van der Waals surface area contributed by atoms with Crippen molar-refractivity contribution in [3.8, 4) is 5.75 Å². The molecule has 172 valence electrons. The normalized spacial score (nSPS) is 17.5. The van der Waals surface area contributed by atoms with Crippen LogP contribution in [0.5, 0.6) is 5.75 Å². The minimum atomic E-state index is -2.48. The van der Waals surface area contributed by atoms with Crippen LogP contribution in [0.1, 0.15) is 0 Å². The number of nitrogens with one attached hydrogen (secondary N) is 3. The van der Waals surface area contributed by atoms with Crippen LogP contribution in [0, 0.1) is 0 Å². The molecule has 33 heavy (non-hydrogen) atoms. The average molecular weight is 485 g/mol. The van der Waals surface area contributed by atoms with Gasteiger partial charge in [0.1, 0.15) is 24.5 Å². The number of halogens is 1. The van der Waals surface area contributed by atoms with E-state index in [-0.39, 0.29) is 0 Å². The predicted molar refractivity (Wildman–Crippen MR) is 135 cm³/mol. The second-order valence-electron chi connectivity index (χ2n) is 8.55. The fourth-order valence-corrected chi connectivity index (χ4v) is 5.47. The molecule has 1 unspecified atom stereocenters. The summed E-state index contributed by atoms with van der Waals surface area (Å²) in [5, 5.41) is 11.0. The van der Waals surface area contributed by atoms with E-state index < -0.39 is 7.14 Å². The van der Waals surface area contributed by atoms with Gasteiger partial charge in [-0.25, -0.2) is 4.98 Å². The third-order valence-electron chi connectivity index (χ3n) is 5.79. The molecule has 10 heteroatoms. The van der Waals surface area contributed by atoms with Crippen molar-refractivity contribution in [2.24, 2.45) is 0 Å². The maximum atomic E-state index is 12.7. The molecule has 0 aliphatic carbocycles. The molecule has 3 aromatic rings. The van der Waals surface area contributed by atoms with E-state index in [0.717, 1.165) is 42.1 Å². The van der Waals surface area contributed by atoms with E-state index in [1.165, 1.54) is 0 Å². The van der Waals surface area contributed by atoms with E-state index in [4.69, 9.17) is 16.3 Å². The Morgan fingerprint density at radius 3 is 2.91 bits per heavy atom. The molecule has 0 spiro atoms. The maximum Gasteiger partial charge on any atom is 0.229 e. The first-order valence-corrected chi connectivity index (χ1v) is 13.8. The summed E-state index contributed by atoms with van der Waals surface area (Å²) in [6.07, 6.45) is 1.54. The molecule has 2 aromatic carbocycles. The van der Waals surface area contributed by atoms with Gasteiger partial charge in [-0.15, -0.1) is 0 Å². The summed E-state index contributed by atoms with van der Waals surface area (Å²) in [4.78, 5) is 11.3. The Kier molecular flexibility index (Phi) is 5.91. The van der Waals surface area contributed by atoms with Crippen LogP contribution in [0.2, 0.25) is 5.02 Å². The number of aromatic nitrogens is 2. The molecule has 0 radical (unpaired) electrons. The molecule has 2 aliphatic rings. The monoisotopic (exact) mass is 484 g/mol. The first kappa shape index (κ1) is 22.0. The summed E-state index contributed by atoms with van der Waals surface area (Å²) < 4.78 is 18.7. The van der Waals surface area contributed by atoms with Crippen molar-refractivity contribution in [1.82, 2.24) is 15.3 Å². The van der Waals surface area contributed by atoms with Crippen LogP contribution in [0.3, 0.4) is 0 Å². The summed E-state index contributed by atoms with van der Waals surface area (Å²) in [5.74, 6) is 1.68. The Morgan fingerprint density at radius 2 is 2.06 bits per heavy atom.